The average Bonchev–Trinajstić information content (AvgIpc) is 3.33. The Balaban J connectivity index is 1.61. The minimum atomic E-state index is -0.960. The molecule has 36 heavy (non-hydrogen) atoms. The van der Waals surface area contributed by atoms with E-state index in [1.54, 1.807) is 21.6 Å². The molecule has 5 rings (SSSR count). The van der Waals surface area contributed by atoms with Gasteiger partial charge in [0.2, 0.25) is 5.95 Å². The topological polar surface area (TPSA) is 97.9 Å². The maximum absolute atomic E-state index is 13.2. The van der Waals surface area contributed by atoms with Crippen molar-refractivity contribution >= 4 is 22.7 Å². The van der Waals surface area contributed by atoms with E-state index in [2.05, 4.69) is 49.8 Å². The molecule has 0 amide bonds. The third-order valence-electron chi connectivity index (χ3n) is 7.00. The van der Waals surface area contributed by atoms with Gasteiger partial charge in [-0.25, -0.2) is 19.3 Å². The van der Waals surface area contributed by atoms with Crippen LogP contribution in [0.2, 0.25) is 0 Å². The number of anilines is 2. The largest absolute Gasteiger partial charge is 0.384 e. The van der Waals surface area contributed by atoms with Gasteiger partial charge >= 0.3 is 0 Å². The number of allylic oxidation sites excluding steroid dienone is 1. The Morgan fingerprint density at radius 1 is 1.17 bits per heavy atom. The molecule has 0 aliphatic heterocycles. The maximum atomic E-state index is 13.2. The molecule has 186 valence electrons. The summed E-state index contributed by atoms with van der Waals surface area (Å²) in [5.41, 5.74) is 3.11. The Labute approximate surface area is 210 Å². The molecule has 1 aliphatic rings. The van der Waals surface area contributed by atoms with Gasteiger partial charge in [0.1, 0.15) is 11.0 Å². The molecular weight excluding hydrogens is 452 g/mol. The monoisotopic (exact) mass is 484 g/mol. The van der Waals surface area contributed by atoms with Crippen LogP contribution < -0.4 is 10.9 Å². The van der Waals surface area contributed by atoms with Gasteiger partial charge in [0.15, 0.2) is 11.5 Å². The first-order valence-electron chi connectivity index (χ1n) is 12.3. The third-order valence-corrected chi connectivity index (χ3v) is 7.00. The summed E-state index contributed by atoms with van der Waals surface area (Å²) in [5, 5.41) is 14.7. The van der Waals surface area contributed by atoms with Crippen LogP contribution in [-0.4, -0.2) is 29.4 Å². The standard InChI is InChI=1S/C28H32N6O2/c1-6-16-33-25(35)21-17-29-26(30-20-11-9-19(10-12-20)27(3,4)5)32-24(21)34(33)22-13-8-18-14-15-28(36,7-2)23(18)31-22/h6,8-13,17,36H,1,7,14-16H2,2-5H3,(H,29,30,32)/t28-/m1/s1. The molecule has 0 radical (unpaired) electrons. The fourth-order valence-corrected chi connectivity index (χ4v) is 4.80. The van der Waals surface area contributed by atoms with E-state index in [-0.39, 0.29) is 17.5 Å². The summed E-state index contributed by atoms with van der Waals surface area (Å²) in [6.45, 7) is 12.6. The second-order valence-electron chi connectivity index (χ2n) is 10.4. The lowest BCUT2D eigenvalue weighted by Crippen LogP contribution is -2.25. The van der Waals surface area contributed by atoms with E-state index in [1.165, 1.54) is 5.56 Å². The van der Waals surface area contributed by atoms with Gasteiger partial charge in [-0.3, -0.25) is 4.79 Å². The number of aliphatic hydroxyl groups is 1. The van der Waals surface area contributed by atoms with Crippen molar-refractivity contribution in [3.8, 4) is 5.82 Å². The molecule has 0 unspecified atom stereocenters. The summed E-state index contributed by atoms with van der Waals surface area (Å²) >= 11 is 0. The molecule has 1 aromatic carbocycles. The molecule has 8 heteroatoms. The van der Waals surface area contributed by atoms with E-state index in [4.69, 9.17) is 9.97 Å². The fraction of sp³-hybridized carbons (Fsp3) is 0.357. The van der Waals surface area contributed by atoms with Gasteiger partial charge in [0.25, 0.3) is 5.56 Å². The molecule has 0 fully saturated rings. The number of fused-ring (bicyclic) bond motifs is 2. The Kier molecular flexibility index (Phi) is 5.79. The van der Waals surface area contributed by atoms with E-state index < -0.39 is 5.60 Å². The molecular formula is C28H32N6O2. The quantitative estimate of drug-likeness (QED) is 0.384. The Morgan fingerprint density at radius 3 is 2.58 bits per heavy atom. The minimum Gasteiger partial charge on any atom is -0.384 e. The Bertz CT molecular complexity index is 1510. The van der Waals surface area contributed by atoms with Crippen molar-refractivity contribution in [2.24, 2.45) is 0 Å². The lowest BCUT2D eigenvalue weighted by Gasteiger charge is -2.21. The first-order valence-corrected chi connectivity index (χ1v) is 12.3. The number of nitrogens with zero attached hydrogens (tertiary/aromatic N) is 5. The lowest BCUT2D eigenvalue weighted by molar-refractivity contribution is 0.0306. The second kappa shape index (κ2) is 8.71. The summed E-state index contributed by atoms with van der Waals surface area (Å²) in [4.78, 5) is 27.2. The number of hydrogen-bond acceptors (Lipinski definition) is 6. The van der Waals surface area contributed by atoms with Crippen LogP contribution in [0.4, 0.5) is 11.6 Å². The van der Waals surface area contributed by atoms with Crippen LogP contribution in [0, 0.1) is 0 Å². The van der Waals surface area contributed by atoms with Crippen LogP contribution in [0.1, 0.15) is 57.4 Å². The van der Waals surface area contributed by atoms with E-state index in [0.717, 1.165) is 17.7 Å². The average molecular weight is 485 g/mol. The molecule has 8 nitrogen and oxygen atoms in total. The summed E-state index contributed by atoms with van der Waals surface area (Å²) in [5.74, 6) is 0.900. The number of hydrogen-bond donors (Lipinski definition) is 2. The number of aryl methyl sites for hydroxylation is 1. The second-order valence-corrected chi connectivity index (χ2v) is 10.4. The van der Waals surface area contributed by atoms with Crippen molar-refractivity contribution in [3.05, 3.63) is 82.4 Å². The van der Waals surface area contributed by atoms with Crippen molar-refractivity contribution in [2.75, 3.05) is 5.32 Å². The zero-order chi connectivity index (χ0) is 25.7. The van der Waals surface area contributed by atoms with Crippen LogP contribution in [-0.2, 0) is 24.0 Å². The summed E-state index contributed by atoms with van der Waals surface area (Å²) in [6, 6.07) is 12.0. The summed E-state index contributed by atoms with van der Waals surface area (Å²) in [6.07, 6.45) is 5.21. The van der Waals surface area contributed by atoms with Gasteiger partial charge in [-0.1, -0.05) is 52.0 Å². The Morgan fingerprint density at radius 2 is 1.92 bits per heavy atom. The molecule has 1 atom stereocenters. The van der Waals surface area contributed by atoms with Crippen LogP contribution >= 0.6 is 0 Å². The van der Waals surface area contributed by atoms with Crippen LogP contribution in [0.3, 0.4) is 0 Å². The first-order chi connectivity index (χ1) is 17.1. The smallest absolute Gasteiger partial charge is 0.278 e. The van der Waals surface area contributed by atoms with Crippen molar-refractivity contribution in [3.63, 3.8) is 0 Å². The molecule has 0 saturated heterocycles. The van der Waals surface area contributed by atoms with Gasteiger partial charge in [0, 0.05) is 11.9 Å². The molecule has 1 aliphatic carbocycles. The van der Waals surface area contributed by atoms with Gasteiger partial charge in [-0.2, -0.15) is 4.98 Å². The van der Waals surface area contributed by atoms with Gasteiger partial charge < -0.3 is 10.4 Å². The number of benzene rings is 1. The van der Waals surface area contributed by atoms with Crippen LogP contribution in [0.5, 0.6) is 0 Å². The molecule has 4 aromatic rings. The van der Waals surface area contributed by atoms with Crippen molar-refractivity contribution in [2.45, 2.75) is 64.5 Å². The zero-order valence-electron chi connectivity index (χ0n) is 21.2. The minimum absolute atomic E-state index is 0.0604. The van der Waals surface area contributed by atoms with Gasteiger partial charge in [-0.15, -0.1) is 6.58 Å². The molecule has 0 bridgehead atoms. The van der Waals surface area contributed by atoms with E-state index in [9.17, 15) is 9.90 Å². The maximum Gasteiger partial charge on any atom is 0.278 e. The molecule has 2 N–H and O–H groups in total. The van der Waals surface area contributed by atoms with Crippen molar-refractivity contribution in [1.82, 2.24) is 24.3 Å². The highest BCUT2D eigenvalue weighted by atomic mass is 16.3. The number of aromatic nitrogens is 5. The highest BCUT2D eigenvalue weighted by Crippen LogP contribution is 2.38. The first kappa shape index (κ1) is 23.9. The predicted octanol–water partition coefficient (Wildman–Crippen LogP) is 4.75. The third kappa shape index (κ3) is 4.01. The van der Waals surface area contributed by atoms with Crippen molar-refractivity contribution in [1.29, 1.82) is 0 Å². The van der Waals surface area contributed by atoms with E-state index in [0.29, 0.717) is 41.3 Å². The van der Waals surface area contributed by atoms with Crippen LogP contribution in [0.15, 0.2) is 60.0 Å². The molecule has 0 spiro atoms. The van der Waals surface area contributed by atoms with E-state index in [1.807, 2.05) is 31.2 Å². The lowest BCUT2D eigenvalue weighted by atomic mass is 9.87. The fourth-order valence-electron chi connectivity index (χ4n) is 4.80. The number of pyridine rings is 1. The molecule has 0 saturated carbocycles. The number of rotatable bonds is 6. The Hall–Kier alpha value is -3.78. The highest BCUT2D eigenvalue weighted by Gasteiger charge is 2.37. The predicted molar refractivity (Wildman–Crippen MR) is 142 cm³/mol. The zero-order valence-corrected chi connectivity index (χ0v) is 21.2. The normalized spacial score (nSPS) is 17.4. The summed E-state index contributed by atoms with van der Waals surface area (Å²) < 4.78 is 3.24. The van der Waals surface area contributed by atoms with Crippen LogP contribution in [0.25, 0.3) is 16.9 Å². The summed E-state index contributed by atoms with van der Waals surface area (Å²) in [7, 11) is 0. The number of nitrogens with one attached hydrogen (secondary N) is 1. The van der Waals surface area contributed by atoms with Gasteiger partial charge in [-0.05, 0) is 54.0 Å². The van der Waals surface area contributed by atoms with E-state index >= 15 is 0 Å². The van der Waals surface area contributed by atoms with Gasteiger partial charge in [0.05, 0.1) is 12.2 Å². The highest BCUT2D eigenvalue weighted by molar-refractivity contribution is 5.77. The van der Waals surface area contributed by atoms with Crippen molar-refractivity contribution < 1.29 is 5.11 Å². The molecule has 3 heterocycles. The molecule has 3 aromatic heterocycles. The SMILES string of the molecule is C=CCn1c(=O)c2cnc(Nc3ccc(C(C)(C)C)cc3)nc2n1-c1ccc2c(n1)[C@@](O)(CC)CC2.